The third-order valence-corrected chi connectivity index (χ3v) is 2.11. The highest BCUT2D eigenvalue weighted by molar-refractivity contribution is 5.73. The number of hydrogen-bond acceptors (Lipinski definition) is 3. The summed E-state index contributed by atoms with van der Waals surface area (Å²) in [6.45, 7) is 9.84. The summed E-state index contributed by atoms with van der Waals surface area (Å²) < 4.78 is 37.0. The molecule has 0 aromatic rings. The molecule has 7 heteroatoms. The van der Waals surface area contributed by atoms with E-state index in [1.54, 1.807) is 0 Å². The standard InChI is InChI=1S/C11H22O2.C2HF3O2/c1-6-8-9(7-2)10(12)13-11(3,4)5;3-2(4,5)1(6)7/h9H,6-8H2,1-5H3;(H,6,7). The summed E-state index contributed by atoms with van der Waals surface area (Å²) in [6, 6.07) is 0. The fourth-order valence-corrected chi connectivity index (χ4v) is 1.22. The number of aliphatic carboxylic acids is 1. The van der Waals surface area contributed by atoms with Crippen molar-refractivity contribution in [3.05, 3.63) is 0 Å². The highest BCUT2D eigenvalue weighted by Crippen LogP contribution is 2.17. The van der Waals surface area contributed by atoms with E-state index in [1.165, 1.54) is 0 Å². The summed E-state index contributed by atoms with van der Waals surface area (Å²) in [5, 5.41) is 7.12. The molecule has 0 amide bonds. The van der Waals surface area contributed by atoms with Crippen LogP contribution in [-0.4, -0.2) is 28.8 Å². The monoisotopic (exact) mass is 300 g/mol. The van der Waals surface area contributed by atoms with E-state index in [9.17, 15) is 18.0 Å². The number of hydrogen-bond donors (Lipinski definition) is 1. The Morgan fingerprint density at radius 3 is 1.75 bits per heavy atom. The fraction of sp³-hybridized carbons (Fsp3) is 0.846. The minimum absolute atomic E-state index is 0.0446. The fourth-order valence-electron chi connectivity index (χ4n) is 1.22. The molecule has 0 heterocycles. The second-order valence-corrected chi connectivity index (χ2v) is 5.23. The molecule has 0 aromatic carbocycles. The van der Waals surface area contributed by atoms with Gasteiger partial charge in [-0.3, -0.25) is 4.79 Å². The maximum Gasteiger partial charge on any atom is 0.490 e. The van der Waals surface area contributed by atoms with Gasteiger partial charge in [0.05, 0.1) is 5.92 Å². The zero-order valence-electron chi connectivity index (χ0n) is 12.5. The molecule has 0 aliphatic heterocycles. The predicted molar refractivity (Wildman–Crippen MR) is 68.2 cm³/mol. The Hall–Kier alpha value is -1.27. The highest BCUT2D eigenvalue weighted by atomic mass is 19.4. The van der Waals surface area contributed by atoms with Gasteiger partial charge in [0.1, 0.15) is 5.60 Å². The van der Waals surface area contributed by atoms with E-state index in [2.05, 4.69) is 6.92 Å². The van der Waals surface area contributed by atoms with Gasteiger partial charge in [0, 0.05) is 0 Å². The van der Waals surface area contributed by atoms with Crippen LogP contribution in [0.5, 0.6) is 0 Å². The Kier molecular flexibility index (Phi) is 9.27. The molecule has 20 heavy (non-hydrogen) atoms. The van der Waals surface area contributed by atoms with Gasteiger partial charge < -0.3 is 9.84 Å². The first kappa shape index (κ1) is 21.0. The zero-order valence-corrected chi connectivity index (χ0v) is 12.5. The Bertz CT molecular complexity index is 306. The number of carboxylic acids is 1. The maximum absolute atomic E-state index is 11.6. The summed E-state index contributed by atoms with van der Waals surface area (Å²) in [4.78, 5) is 20.5. The van der Waals surface area contributed by atoms with Crippen LogP contribution in [0.25, 0.3) is 0 Å². The quantitative estimate of drug-likeness (QED) is 0.802. The van der Waals surface area contributed by atoms with Crippen molar-refractivity contribution in [1.82, 2.24) is 0 Å². The molecule has 0 aliphatic carbocycles. The molecule has 1 unspecified atom stereocenters. The van der Waals surface area contributed by atoms with Crippen LogP contribution in [0.15, 0.2) is 0 Å². The molecule has 0 bridgehead atoms. The zero-order chi connectivity index (χ0) is 16.6. The highest BCUT2D eigenvalue weighted by Gasteiger charge is 2.38. The van der Waals surface area contributed by atoms with Crippen molar-refractivity contribution in [2.45, 2.75) is 65.7 Å². The van der Waals surface area contributed by atoms with Crippen LogP contribution < -0.4 is 0 Å². The average molecular weight is 300 g/mol. The van der Waals surface area contributed by atoms with Crippen LogP contribution in [0.2, 0.25) is 0 Å². The molecule has 0 spiro atoms. The van der Waals surface area contributed by atoms with Gasteiger partial charge in [0.25, 0.3) is 0 Å². The van der Waals surface area contributed by atoms with E-state index in [1.807, 2.05) is 27.7 Å². The second kappa shape index (κ2) is 8.81. The van der Waals surface area contributed by atoms with Crippen LogP contribution in [0.4, 0.5) is 13.2 Å². The van der Waals surface area contributed by atoms with Gasteiger partial charge >= 0.3 is 18.1 Å². The van der Waals surface area contributed by atoms with Gasteiger partial charge in [0.15, 0.2) is 0 Å². The van der Waals surface area contributed by atoms with Crippen molar-refractivity contribution < 1.29 is 32.6 Å². The second-order valence-electron chi connectivity index (χ2n) is 5.23. The molecule has 0 saturated carbocycles. The van der Waals surface area contributed by atoms with Crippen LogP contribution in [-0.2, 0) is 14.3 Å². The normalized spacial score (nSPS) is 13.0. The van der Waals surface area contributed by atoms with E-state index < -0.39 is 12.1 Å². The number of halogens is 3. The Labute approximate surface area is 117 Å². The Morgan fingerprint density at radius 2 is 1.55 bits per heavy atom. The first-order chi connectivity index (χ1) is 8.85. The number of rotatable bonds is 4. The van der Waals surface area contributed by atoms with E-state index in [0.717, 1.165) is 19.3 Å². The van der Waals surface area contributed by atoms with Crippen molar-refractivity contribution in [2.75, 3.05) is 0 Å². The maximum atomic E-state index is 11.6. The molecule has 120 valence electrons. The summed E-state index contributed by atoms with van der Waals surface area (Å²) >= 11 is 0. The smallest absolute Gasteiger partial charge is 0.475 e. The van der Waals surface area contributed by atoms with Gasteiger partial charge in [-0.15, -0.1) is 0 Å². The van der Waals surface area contributed by atoms with Crippen molar-refractivity contribution in [3.8, 4) is 0 Å². The number of esters is 1. The molecule has 0 aromatic heterocycles. The summed E-state index contributed by atoms with van der Waals surface area (Å²) in [5.74, 6) is -2.71. The molecule has 1 atom stereocenters. The van der Waals surface area contributed by atoms with Gasteiger partial charge in [-0.2, -0.15) is 13.2 Å². The van der Waals surface area contributed by atoms with Crippen molar-refractivity contribution in [1.29, 1.82) is 0 Å². The van der Waals surface area contributed by atoms with E-state index in [0.29, 0.717) is 0 Å². The van der Waals surface area contributed by atoms with E-state index >= 15 is 0 Å². The van der Waals surface area contributed by atoms with Crippen molar-refractivity contribution in [2.24, 2.45) is 5.92 Å². The minimum atomic E-state index is -5.08. The summed E-state index contributed by atoms with van der Waals surface area (Å²) in [6.07, 6.45) is -2.23. The van der Waals surface area contributed by atoms with Gasteiger partial charge in [-0.1, -0.05) is 20.3 Å². The lowest BCUT2D eigenvalue weighted by molar-refractivity contribution is -0.192. The molecular formula is C13H23F3O4. The first-order valence-electron chi connectivity index (χ1n) is 6.38. The predicted octanol–water partition coefficient (Wildman–Crippen LogP) is 3.79. The third kappa shape index (κ3) is 11.8. The van der Waals surface area contributed by atoms with Crippen LogP contribution in [0.3, 0.4) is 0 Å². The van der Waals surface area contributed by atoms with Gasteiger partial charge in [0.2, 0.25) is 0 Å². The number of alkyl halides is 3. The third-order valence-electron chi connectivity index (χ3n) is 2.11. The van der Waals surface area contributed by atoms with E-state index in [4.69, 9.17) is 14.6 Å². The molecule has 0 rings (SSSR count). The lowest BCUT2D eigenvalue weighted by atomic mass is 10.0. The van der Waals surface area contributed by atoms with Crippen LogP contribution >= 0.6 is 0 Å². The SMILES string of the molecule is CCCC(CC)C(=O)OC(C)(C)C.O=C(O)C(F)(F)F. The number of carbonyl (C=O) groups is 2. The average Bonchev–Trinajstić information content (AvgIpc) is 2.22. The molecule has 0 radical (unpaired) electrons. The minimum Gasteiger partial charge on any atom is -0.475 e. The first-order valence-corrected chi connectivity index (χ1v) is 6.38. The van der Waals surface area contributed by atoms with Crippen LogP contribution in [0.1, 0.15) is 53.9 Å². The van der Waals surface area contributed by atoms with E-state index in [-0.39, 0.29) is 17.5 Å². The molecule has 1 N–H and O–H groups in total. The summed E-state index contributed by atoms with van der Waals surface area (Å²) in [5.41, 5.74) is -0.349. The molecule has 0 saturated heterocycles. The lowest BCUT2D eigenvalue weighted by Gasteiger charge is -2.23. The van der Waals surface area contributed by atoms with Crippen molar-refractivity contribution in [3.63, 3.8) is 0 Å². The van der Waals surface area contributed by atoms with Crippen LogP contribution in [0, 0.1) is 5.92 Å². The number of ether oxygens (including phenoxy) is 1. The molecular weight excluding hydrogens is 277 g/mol. The topological polar surface area (TPSA) is 63.6 Å². The van der Waals surface area contributed by atoms with Gasteiger partial charge in [-0.25, -0.2) is 4.79 Å². The molecule has 0 aliphatic rings. The Morgan fingerprint density at radius 1 is 1.15 bits per heavy atom. The summed E-state index contributed by atoms with van der Waals surface area (Å²) in [7, 11) is 0. The van der Waals surface area contributed by atoms with Crippen molar-refractivity contribution >= 4 is 11.9 Å². The number of carbonyl (C=O) groups excluding carboxylic acids is 1. The Balaban J connectivity index is 0. The lowest BCUT2D eigenvalue weighted by Crippen LogP contribution is -2.28. The van der Waals surface area contributed by atoms with Gasteiger partial charge in [-0.05, 0) is 33.6 Å². The largest absolute Gasteiger partial charge is 0.490 e. The molecule has 0 fully saturated rings. The molecule has 4 nitrogen and oxygen atoms in total. The number of carboxylic acid groups (broad SMARTS) is 1.